The molecule has 1 saturated heterocycles. The molecular weight excluding hydrogens is 549 g/mol. The Kier molecular flexibility index (Phi) is 9.61. The number of rotatable bonds is 9. The minimum Gasteiger partial charge on any atom is -0.366 e. The van der Waals surface area contributed by atoms with Gasteiger partial charge in [0, 0.05) is 36.6 Å². The van der Waals surface area contributed by atoms with Crippen molar-refractivity contribution in [2.75, 3.05) is 44.4 Å². The Labute approximate surface area is 234 Å². The molecule has 1 saturated carbocycles. The van der Waals surface area contributed by atoms with Crippen LogP contribution in [0, 0.1) is 5.92 Å². The van der Waals surface area contributed by atoms with Crippen molar-refractivity contribution in [1.29, 1.82) is 0 Å². The molecule has 224 valence electrons. The zero-order valence-electron chi connectivity index (χ0n) is 22.8. The molecule has 1 aliphatic heterocycles. The van der Waals surface area contributed by atoms with Gasteiger partial charge in [-0.15, -0.1) is 0 Å². The molecular formula is C27H34F5N7O2. The summed E-state index contributed by atoms with van der Waals surface area (Å²) in [5, 5.41) is 7.72. The summed E-state index contributed by atoms with van der Waals surface area (Å²) >= 11 is 0. The van der Waals surface area contributed by atoms with Gasteiger partial charge in [-0.25, -0.2) is 13.8 Å². The topological polar surface area (TPSA) is 102 Å². The van der Waals surface area contributed by atoms with Crippen LogP contribution in [0.5, 0.6) is 0 Å². The number of benzene rings is 1. The van der Waals surface area contributed by atoms with Gasteiger partial charge in [-0.05, 0) is 70.1 Å². The lowest BCUT2D eigenvalue weighted by atomic mass is 10.0. The highest BCUT2D eigenvalue weighted by Crippen LogP contribution is 2.37. The maximum atomic E-state index is 13.7. The first-order chi connectivity index (χ1) is 19.4. The SMILES string of the molecule is CN1CCC(N(C)C(=O)c2ccc(Nc3ncc(C(F)(F)F)c(N[C@@H]4CCC[C@@H]4C(=O)NCC(F)F)n3)cc2)CC1. The van der Waals surface area contributed by atoms with E-state index in [0.29, 0.717) is 36.7 Å². The van der Waals surface area contributed by atoms with Crippen LogP contribution in [0.3, 0.4) is 0 Å². The van der Waals surface area contributed by atoms with E-state index in [1.165, 1.54) is 0 Å². The summed E-state index contributed by atoms with van der Waals surface area (Å²) in [4.78, 5) is 37.2. The molecule has 1 aromatic carbocycles. The van der Waals surface area contributed by atoms with Gasteiger partial charge in [-0.1, -0.05) is 6.42 Å². The number of piperidine rings is 1. The first kappa shape index (κ1) is 30.4. The Morgan fingerprint density at radius 3 is 2.41 bits per heavy atom. The Morgan fingerprint density at radius 1 is 1.10 bits per heavy atom. The molecule has 2 fully saturated rings. The smallest absolute Gasteiger partial charge is 0.366 e. The normalized spacial score (nSPS) is 20.2. The number of nitrogens with zero attached hydrogens (tertiary/aromatic N) is 4. The maximum Gasteiger partial charge on any atom is 0.421 e. The Hall–Kier alpha value is -3.55. The van der Waals surface area contributed by atoms with E-state index >= 15 is 0 Å². The van der Waals surface area contributed by atoms with E-state index in [0.717, 1.165) is 25.9 Å². The number of anilines is 3. The van der Waals surface area contributed by atoms with Crippen LogP contribution in [-0.2, 0) is 11.0 Å². The Bertz CT molecular complexity index is 1200. The summed E-state index contributed by atoms with van der Waals surface area (Å²) in [5.41, 5.74) is -0.177. The van der Waals surface area contributed by atoms with Gasteiger partial charge in [0.2, 0.25) is 11.9 Å². The molecule has 3 N–H and O–H groups in total. The van der Waals surface area contributed by atoms with E-state index in [2.05, 4.69) is 30.8 Å². The minimum absolute atomic E-state index is 0.118. The molecule has 2 heterocycles. The lowest BCUT2D eigenvalue weighted by molar-refractivity contribution is -0.137. The van der Waals surface area contributed by atoms with Crippen molar-refractivity contribution in [2.45, 2.75) is 56.8 Å². The van der Waals surface area contributed by atoms with Crippen molar-refractivity contribution in [3.8, 4) is 0 Å². The van der Waals surface area contributed by atoms with Crippen LogP contribution < -0.4 is 16.0 Å². The largest absolute Gasteiger partial charge is 0.421 e. The van der Waals surface area contributed by atoms with Crippen molar-refractivity contribution in [2.24, 2.45) is 5.92 Å². The second kappa shape index (κ2) is 13.0. The molecule has 0 unspecified atom stereocenters. The van der Waals surface area contributed by atoms with Crippen LogP contribution in [0.25, 0.3) is 0 Å². The number of likely N-dealkylation sites (tertiary alicyclic amines) is 1. The molecule has 2 atom stereocenters. The molecule has 1 aromatic heterocycles. The molecule has 0 radical (unpaired) electrons. The molecule has 0 spiro atoms. The molecule has 14 heteroatoms. The number of nitrogens with one attached hydrogen (secondary N) is 3. The fourth-order valence-electron chi connectivity index (χ4n) is 5.27. The lowest BCUT2D eigenvalue weighted by Crippen LogP contribution is -2.44. The van der Waals surface area contributed by atoms with Gasteiger partial charge in [0.15, 0.2) is 0 Å². The van der Waals surface area contributed by atoms with Gasteiger partial charge in [0.1, 0.15) is 11.4 Å². The van der Waals surface area contributed by atoms with Gasteiger partial charge >= 0.3 is 6.18 Å². The van der Waals surface area contributed by atoms with E-state index in [-0.39, 0.29) is 17.9 Å². The minimum atomic E-state index is -4.77. The lowest BCUT2D eigenvalue weighted by Gasteiger charge is -2.35. The van der Waals surface area contributed by atoms with Crippen molar-refractivity contribution in [3.63, 3.8) is 0 Å². The number of halogens is 5. The standard InChI is InChI=1S/C27H34F5N7O2/c1-38-12-10-18(11-13-38)39(2)25(41)16-6-8-17(9-7-16)35-26-34-14-20(27(30,31)32)23(37-26)36-21-5-3-4-19(21)24(40)33-15-22(28)29/h6-9,14,18-19,21-22H,3-5,10-13,15H2,1-2H3,(H,33,40)(H2,34,35,36,37)/t19-,21+/m0/s1. The summed E-state index contributed by atoms with van der Waals surface area (Å²) < 4.78 is 66.3. The Balaban J connectivity index is 1.46. The van der Waals surface area contributed by atoms with E-state index < -0.39 is 48.4 Å². The average molecular weight is 584 g/mol. The molecule has 2 aliphatic rings. The predicted molar refractivity (Wildman–Crippen MR) is 143 cm³/mol. The monoisotopic (exact) mass is 583 g/mol. The highest BCUT2D eigenvalue weighted by molar-refractivity contribution is 5.94. The molecule has 2 amide bonds. The first-order valence-corrected chi connectivity index (χ1v) is 13.5. The zero-order chi connectivity index (χ0) is 29.7. The third kappa shape index (κ3) is 7.80. The van der Waals surface area contributed by atoms with E-state index in [9.17, 15) is 31.5 Å². The molecule has 9 nitrogen and oxygen atoms in total. The van der Waals surface area contributed by atoms with Gasteiger partial charge in [-0.3, -0.25) is 9.59 Å². The van der Waals surface area contributed by atoms with Crippen molar-refractivity contribution in [3.05, 3.63) is 41.6 Å². The molecule has 0 bridgehead atoms. The van der Waals surface area contributed by atoms with Gasteiger partial charge in [0.25, 0.3) is 12.3 Å². The van der Waals surface area contributed by atoms with Crippen molar-refractivity contribution < 1.29 is 31.5 Å². The zero-order valence-corrected chi connectivity index (χ0v) is 22.8. The van der Waals surface area contributed by atoms with Gasteiger partial charge in [-0.2, -0.15) is 18.2 Å². The first-order valence-electron chi connectivity index (χ1n) is 13.5. The maximum absolute atomic E-state index is 13.7. The Morgan fingerprint density at radius 2 is 1.78 bits per heavy atom. The van der Waals surface area contributed by atoms with Crippen LogP contribution in [0.2, 0.25) is 0 Å². The van der Waals surface area contributed by atoms with Crippen LogP contribution in [0.1, 0.15) is 48.0 Å². The van der Waals surface area contributed by atoms with E-state index in [1.54, 1.807) is 36.2 Å². The highest BCUT2D eigenvalue weighted by atomic mass is 19.4. The average Bonchev–Trinajstić information content (AvgIpc) is 3.39. The summed E-state index contributed by atoms with van der Waals surface area (Å²) in [5.74, 6) is -2.18. The van der Waals surface area contributed by atoms with Crippen LogP contribution in [0.4, 0.5) is 39.4 Å². The third-order valence-electron chi connectivity index (χ3n) is 7.64. The fourth-order valence-corrected chi connectivity index (χ4v) is 5.27. The molecule has 1 aliphatic carbocycles. The van der Waals surface area contributed by atoms with E-state index in [4.69, 9.17) is 0 Å². The number of alkyl halides is 5. The van der Waals surface area contributed by atoms with Crippen LogP contribution in [0.15, 0.2) is 30.5 Å². The van der Waals surface area contributed by atoms with Gasteiger partial charge in [0.05, 0.1) is 12.5 Å². The van der Waals surface area contributed by atoms with E-state index in [1.807, 2.05) is 7.05 Å². The number of aromatic nitrogens is 2. The summed E-state index contributed by atoms with van der Waals surface area (Å²) in [6, 6.07) is 5.91. The number of hydrogen-bond donors (Lipinski definition) is 3. The molecule has 4 rings (SSSR count). The summed E-state index contributed by atoms with van der Waals surface area (Å²) in [7, 11) is 3.83. The van der Waals surface area contributed by atoms with Crippen molar-refractivity contribution >= 4 is 29.3 Å². The number of hydrogen-bond acceptors (Lipinski definition) is 7. The van der Waals surface area contributed by atoms with Crippen molar-refractivity contribution in [1.82, 2.24) is 25.1 Å². The second-order valence-corrected chi connectivity index (χ2v) is 10.5. The summed E-state index contributed by atoms with van der Waals surface area (Å²) in [6.07, 6.45) is -3.81. The van der Waals surface area contributed by atoms with Gasteiger partial charge < -0.3 is 25.8 Å². The highest BCUT2D eigenvalue weighted by Gasteiger charge is 2.39. The number of carbonyl (C=O) groups excluding carboxylic acids is 2. The van der Waals surface area contributed by atoms with Crippen LogP contribution in [-0.4, -0.2) is 83.8 Å². The fraction of sp³-hybridized carbons (Fsp3) is 0.556. The molecule has 41 heavy (non-hydrogen) atoms. The predicted octanol–water partition coefficient (Wildman–Crippen LogP) is 4.37. The second-order valence-electron chi connectivity index (χ2n) is 10.5. The quantitative estimate of drug-likeness (QED) is 0.377. The number of amides is 2. The third-order valence-corrected chi connectivity index (χ3v) is 7.64. The molecule has 2 aromatic rings. The summed E-state index contributed by atoms with van der Waals surface area (Å²) in [6.45, 7) is 1.02. The number of carbonyl (C=O) groups is 2. The van der Waals surface area contributed by atoms with Crippen LogP contribution >= 0.6 is 0 Å².